The molecule has 1 aliphatic heterocycles. The van der Waals surface area contributed by atoms with Crippen molar-refractivity contribution in [1.82, 2.24) is 10.2 Å². The SMILES string of the molecule is CN1CN[C@@H](c2ccccc2)C1=O. The Balaban J connectivity index is 2.24. The van der Waals surface area contributed by atoms with Crippen LogP contribution >= 0.6 is 0 Å². The first kappa shape index (κ1) is 8.26. The van der Waals surface area contributed by atoms with Crippen LogP contribution in [0, 0.1) is 0 Å². The molecule has 0 spiro atoms. The molecule has 1 saturated heterocycles. The number of nitrogens with zero attached hydrogens (tertiary/aromatic N) is 1. The van der Waals surface area contributed by atoms with Crippen LogP contribution in [-0.4, -0.2) is 24.5 Å². The standard InChI is InChI=1S/C10H12N2O/c1-12-7-11-9(10(12)13)8-5-3-2-4-6-8/h2-6,9,11H,7H2,1H3/t9-/m0/s1. The van der Waals surface area contributed by atoms with Crippen LogP contribution in [0.15, 0.2) is 30.3 Å². The van der Waals surface area contributed by atoms with E-state index in [0.717, 1.165) is 5.56 Å². The highest BCUT2D eigenvalue weighted by atomic mass is 16.2. The minimum Gasteiger partial charge on any atom is -0.331 e. The molecule has 1 atom stereocenters. The third-order valence-corrected chi connectivity index (χ3v) is 2.29. The lowest BCUT2D eigenvalue weighted by Gasteiger charge is -2.08. The van der Waals surface area contributed by atoms with Crippen molar-refractivity contribution < 1.29 is 4.79 Å². The third-order valence-electron chi connectivity index (χ3n) is 2.29. The third kappa shape index (κ3) is 1.42. The van der Waals surface area contributed by atoms with Crippen molar-refractivity contribution in [3.8, 4) is 0 Å². The van der Waals surface area contributed by atoms with E-state index in [1.54, 1.807) is 11.9 Å². The van der Waals surface area contributed by atoms with Gasteiger partial charge in [0, 0.05) is 7.05 Å². The molecule has 2 rings (SSSR count). The van der Waals surface area contributed by atoms with Crippen LogP contribution < -0.4 is 5.32 Å². The Morgan fingerprint density at radius 1 is 1.38 bits per heavy atom. The van der Waals surface area contributed by atoms with Gasteiger partial charge in [0.1, 0.15) is 6.04 Å². The van der Waals surface area contributed by atoms with E-state index in [-0.39, 0.29) is 11.9 Å². The average molecular weight is 176 g/mol. The molecule has 3 nitrogen and oxygen atoms in total. The van der Waals surface area contributed by atoms with E-state index in [2.05, 4.69) is 5.32 Å². The number of amides is 1. The summed E-state index contributed by atoms with van der Waals surface area (Å²) in [5.74, 6) is 0.145. The fourth-order valence-corrected chi connectivity index (χ4v) is 1.52. The summed E-state index contributed by atoms with van der Waals surface area (Å²) >= 11 is 0. The average Bonchev–Trinajstić information content (AvgIpc) is 2.49. The quantitative estimate of drug-likeness (QED) is 0.684. The van der Waals surface area contributed by atoms with E-state index < -0.39 is 0 Å². The Bertz CT molecular complexity index is 310. The number of carbonyl (C=O) groups is 1. The smallest absolute Gasteiger partial charge is 0.245 e. The van der Waals surface area contributed by atoms with Crippen LogP contribution in [0.25, 0.3) is 0 Å². The van der Waals surface area contributed by atoms with Gasteiger partial charge in [-0.25, -0.2) is 0 Å². The zero-order chi connectivity index (χ0) is 9.26. The molecule has 1 aromatic rings. The minimum absolute atomic E-state index is 0.145. The number of hydrogen-bond donors (Lipinski definition) is 1. The first-order valence-electron chi connectivity index (χ1n) is 4.32. The Labute approximate surface area is 77.4 Å². The molecule has 3 heteroatoms. The monoisotopic (exact) mass is 176 g/mol. The van der Waals surface area contributed by atoms with Gasteiger partial charge in [0.25, 0.3) is 0 Å². The van der Waals surface area contributed by atoms with Crippen molar-refractivity contribution in [2.75, 3.05) is 13.7 Å². The van der Waals surface area contributed by atoms with Crippen LogP contribution in [0.3, 0.4) is 0 Å². The zero-order valence-electron chi connectivity index (χ0n) is 7.53. The molecular formula is C10H12N2O. The lowest BCUT2D eigenvalue weighted by Crippen LogP contribution is -2.21. The molecule has 1 aromatic carbocycles. The van der Waals surface area contributed by atoms with Gasteiger partial charge in [0.15, 0.2) is 0 Å². The molecule has 0 saturated carbocycles. The molecular weight excluding hydrogens is 164 g/mol. The van der Waals surface area contributed by atoms with Gasteiger partial charge >= 0.3 is 0 Å². The fraction of sp³-hybridized carbons (Fsp3) is 0.300. The molecule has 0 radical (unpaired) electrons. The van der Waals surface area contributed by atoms with Gasteiger partial charge in [-0.3, -0.25) is 10.1 Å². The fourth-order valence-electron chi connectivity index (χ4n) is 1.52. The summed E-state index contributed by atoms with van der Waals surface area (Å²) in [5, 5.41) is 3.15. The van der Waals surface area contributed by atoms with E-state index in [1.807, 2.05) is 30.3 Å². The number of benzene rings is 1. The molecule has 0 bridgehead atoms. The summed E-state index contributed by atoms with van der Waals surface area (Å²) in [6.45, 7) is 0.637. The van der Waals surface area contributed by atoms with E-state index in [1.165, 1.54) is 0 Å². The molecule has 68 valence electrons. The van der Waals surface area contributed by atoms with E-state index >= 15 is 0 Å². The molecule has 1 amide bonds. The van der Waals surface area contributed by atoms with Gasteiger partial charge in [-0.2, -0.15) is 0 Å². The summed E-state index contributed by atoms with van der Waals surface area (Å²) in [6.07, 6.45) is 0. The van der Waals surface area contributed by atoms with Gasteiger partial charge < -0.3 is 4.90 Å². The van der Waals surface area contributed by atoms with Crippen molar-refractivity contribution in [2.24, 2.45) is 0 Å². The van der Waals surface area contributed by atoms with E-state index in [9.17, 15) is 4.79 Å². The predicted octanol–water partition coefficient (Wildman–Crippen LogP) is 0.747. The maximum absolute atomic E-state index is 11.6. The molecule has 13 heavy (non-hydrogen) atoms. The van der Waals surface area contributed by atoms with Crippen molar-refractivity contribution in [3.63, 3.8) is 0 Å². The largest absolute Gasteiger partial charge is 0.331 e. The van der Waals surface area contributed by atoms with Crippen molar-refractivity contribution in [2.45, 2.75) is 6.04 Å². The predicted molar refractivity (Wildman–Crippen MR) is 50.0 cm³/mol. The number of hydrogen-bond acceptors (Lipinski definition) is 2. The zero-order valence-corrected chi connectivity index (χ0v) is 7.53. The number of rotatable bonds is 1. The molecule has 1 heterocycles. The molecule has 0 aromatic heterocycles. The molecule has 0 aliphatic carbocycles. The van der Waals surface area contributed by atoms with Gasteiger partial charge in [-0.1, -0.05) is 30.3 Å². The Kier molecular flexibility index (Phi) is 2.02. The summed E-state index contributed by atoms with van der Waals surface area (Å²) in [6, 6.07) is 9.63. The van der Waals surface area contributed by atoms with Crippen molar-refractivity contribution >= 4 is 5.91 Å². The molecule has 1 aliphatic rings. The first-order valence-corrected chi connectivity index (χ1v) is 4.32. The highest BCUT2D eigenvalue weighted by molar-refractivity contribution is 5.84. The first-order chi connectivity index (χ1) is 6.29. The maximum Gasteiger partial charge on any atom is 0.245 e. The van der Waals surface area contributed by atoms with Gasteiger partial charge in [0.2, 0.25) is 5.91 Å². The van der Waals surface area contributed by atoms with Crippen molar-refractivity contribution in [1.29, 1.82) is 0 Å². The Morgan fingerprint density at radius 2 is 2.08 bits per heavy atom. The Morgan fingerprint density at radius 3 is 2.62 bits per heavy atom. The number of nitrogens with one attached hydrogen (secondary N) is 1. The van der Waals surface area contributed by atoms with E-state index in [0.29, 0.717) is 6.67 Å². The maximum atomic E-state index is 11.6. The van der Waals surface area contributed by atoms with Gasteiger partial charge in [0.05, 0.1) is 6.67 Å². The molecule has 1 fully saturated rings. The lowest BCUT2D eigenvalue weighted by molar-refractivity contribution is -0.127. The summed E-state index contributed by atoms with van der Waals surface area (Å²) in [7, 11) is 1.80. The highest BCUT2D eigenvalue weighted by Gasteiger charge is 2.29. The van der Waals surface area contributed by atoms with Crippen LogP contribution in [0.4, 0.5) is 0 Å². The minimum atomic E-state index is -0.147. The molecule has 0 unspecified atom stereocenters. The topological polar surface area (TPSA) is 32.3 Å². The lowest BCUT2D eigenvalue weighted by atomic mass is 10.1. The van der Waals surface area contributed by atoms with Gasteiger partial charge in [-0.15, -0.1) is 0 Å². The number of likely N-dealkylation sites (N-methyl/N-ethyl adjacent to an activating group) is 1. The van der Waals surface area contributed by atoms with E-state index in [4.69, 9.17) is 0 Å². The summed E-state index contributed by atoms with van der Waals surface area (Å²) in [5.41, 5.74) is 1.04. The van der Waals surface area contributed by atoms with Crippen LogP contribution in [-0.2, 0) is 4.79 Å². The van der Waals surface area contributed by atoms with Crippen molar-refractivity contribution in [3.05, 3.63) is 35.9 Å². The summed E-state index contributed by atoms with van der Waals surface area (Å²) < 4.78 is 0. The Hall–Kier alpha value is -1.35. The van der Waals surface area contributed by atoms with Crippen LogP contribution in [0.5, 0.6) is 0 Å². The van der Waals surface area contributed by atoms with Crippen LogP contribution in [0.1, 0.15) is 11.6 Å². The highest BCUT2D eigenvalue weighted by Crippen LogP contribution is 2.18. The normalized spacial score (nSPS) is 22.4. The van der Waals surface area contributed by atoms with Gasteiger partial charge in [-0.05, 0) is 5.56 Å². The number of carbonyl (C=O) groups excluding carboxylic acids is 1. The second-order valence-electron chi connectivity index (χ2n) is 3.24. The van der Waals surface area contributed by atoms with Crippen LogP contribution in [0.2, 0.25) is 0 Å². The second-order valence-corrected chi connectivity index (χ2v) is 3.24. The second kappa shape index (κ2) is 3.18. The molecule has 1 N–H and O–H groups in total. The summed E-state index contributed by atoms with van der Waals surface area (Å²) in [4.78, 5) is 13.3.